The van der Waals surface area contributed by atoms with Gasteiger partial charge in [-0.2, -0.15) is 0 Å². The number of carboxylic acids is 1. The predicted octanol–water partition coefficient (Wildman–Crippen LogP) is 2.90. The second-order valence-electron chi connectivity index (χ2n) is 5.24. The average molecular weight is 328 g/mol. The lowest BCUT2D eigenvalue weighted by Gasteiger charge is -2.20. The van der Waals surface area contributed by atoms with Gasteiger partial charge in [-0.1, -0.05) is 37.9 Å². The highest BCUT2D eigenvalue weighted by Gasteiger charge is 2.24. The van der Waals surface area contributed by atoms with Crippen molar-refractivity contribution in [1.29, 1.82) is 0 Å². The molecule has 5 nitrogen and oxygen atoms in total. The first-order valence-corrected chi connectivity index (χ1v) is 7.61. The minimum absolute atomic E-state index is 0.114. The number of rotatable bonds is 8. The van der Waals surface area contributed by atoms with Crippen LogP contribution in [0.1, 0.15) is 32.3 Å². The molecule has 0 radical (unpaired) electrons. The lowest BCUT2D eigenvalue weighted by Crippen LogP contribution is -2.45. The minimum Gasteiger partial charge on any atom is -0.495 e. The molecule has 2 atom stereocenters. The smallest absolute Gasteiger partial charge is 0.326 e. The van der Waals surface area contributed by atoms with E-state index in [9.17, 15) is 9.59 Å². The van der Waals surface area contributed by atoms with Crippen molar-refractivity contribution >= 4 is 23.5 Å². The number of aliphatic carboxylic acids is 1. The third-order valence-electron chi connectivity index (χ3n) is 3.65. The maximum absolute atomic E-state index is 11.9. The van der Waals surface area contributed by atoms with E-state index in [-0.39, 0.29) is 18.2 Å². The van der Waals surface area contributed by atoms with E-state index in [0.717, 1.165) is 5.56 Å². The number of amides is 1. The molecular weight excluding hydrogens is 306 g/mol. The van der Waals surface area contributed by atoms with Crippen molar-refractivity contribution in [2.45, 2.75) is 39.2 Å². The Morgan fingerprint density at radius 3 is 2.59 bits per heavy atom. The molecule has 0 spiro atoms. The number of hydrogen-bond acceptors (Lipinski definition) is 3. The number of ether oxygens (including phenoxy) is 1. The fraction of sp³-hybridized carbons (Fsp3) is 0.500. The number of carbonyl (C=O) groups is 2. The van der Waals surface area contributed by atoms with E-state index >= 15 is 0 Å². The molecule has 0 heterocycles. The third-order valence-corrected chi connectivity index (χ3v) is 3.95. The van der Waals surface area contributed by atoms with Crippen LogP contribution in [0.25, 0.3) is 0 Å². The van der Waals surface area contributed by atoms with Gasteiger partial charge in [-0.25, -0.2) is 4.79 Å². The third kappa shape index (κ3) is 5.22. The molecule has 1 rings (SSSR count). The zero-order valence-corrected chi connectivity index (χ0v) is 13.8. The molecular formula is C16H22ClNO4. The number of carboxylic acid groups (broad SMARTS) is 1. The van der Waals surface area contributed by atoms with E-state index in [0.29, 0.717) is 23.6 Å². The molecule has 0 saturated carbocycles. The Labute approximate surface area is 135 Å². The Bertz CT molecular complexity index is 533. The maximum Gasteiger partial charge on any atom is 0.326 e. The quantitative estimate of drug-likeness (QED) is 0.769. The first-order valence-electron chi connectivity index (χ1n) is 7.23. The van der Waals surface area contributed by atoms with Crippen molar-refractivity contribution in [1.82, 2.24) is 5.32 Å². The van der Waals surface area contributed by atoms with Crippen LogP contribution in [0, 0.1) is 5.92 Å². The second-order valence-corrected chi connectivity index (χ2v) is 5.65. The van der Waals surface area contributed by atoms with Gasteiger partial charge in [0.2, 0.25) is 5.91 Å². The summed E-state index contributed by atoms with van der Waals surface area (Å²) in [7, 11) is 1.54. The van der Waals surface area contributed by atoms with Crippen LogP contribution in [-0.4, -0.2) is 30.1 Å². The van der Waals surface area contributed by atoms with Crippen molar-refractivity contribution in [3.63, 3.8) is 0 Å². The standard InChI is InChI=1S/C16H22ClNO4/c1-4-10(2)15(16(20)21)18-14(19)8-6-11-5-7-13(22-3)12(17)9-11/h5,7,9-10,15H,4,6,8H2,1-3H3,(H,18,19)(H,20,21)/t10-,15-/m0/s1. The SMILES string of the molecule is CC[C@H](C)[C@H](NC(=O)CCc1ccc(OC)c(Cl)c1)C(=O)O. The Hall–Kier alpha value is -1.75. The van der Waals surface area contributed by atoms with Crippen molar-refractivity contribution in [3.8, 4) is 5.75 Å². The van der Waals surface area contributed by atoms with Crippen LogP contribution in [-0.2, 0) is 16.0 Å². The average Bonchev–Trinajstić information content (AvgIpc) is 2.49. The van der Waals surface area contributed by atoms with Crippen molar-refractivity contribution in [3.05, 3.63) is 28.8 Å². The molecule has 2 N–H and O–H groups in total. The summed E-state index contributed by atoms with van der Waals surface area (Å²) in [4.78, 5) is 23.1. The van der Waals surface area contributed by atoms with Crippen LogP contribution in [0.4, 0.5) is 0 Å². The van der Waals surface area contributed by atoms with E-state index < -0.39 is 12.0 Å². The molecule has 0 fully saturated rings. The summed E-state index contributed by atoms with van der Waals surface area (Å²) in [6, 6.07) is 4.48. The van der Waals surface area contributed by atoms with Gasteiger partial charge in [0.05, 0.1) is 12.1 Å². The van der Waals surface area contributed by atoms with E-state index in [4.69, 9.17) is 21.4 Å². The largest absolute Gasteiger partial charge is 0.495 e. The van der Waals surface area contributed by atoms with Crippen LogP contribution in [0.2, 0.25) is 5.02 Å². The van der Waals surface area contributed by atoms with E-state index in [1.165, 1.54) is 7.11 Å². The van der Waals surface area contributed by atoms with E-state index in [1.54, 1.807) is 12.1 Å². The minimum atomic E-state index is -1.00. The first-order chi connectivity index (χ1) is 10.4. The van der Waals surface area contributed by atoms with Crippen LogP contribution in [0.15, 0.2) is 18.2 Å². The topological polar surface area (TPSA) is 75.6 Å². The molecule has 122 valence electrons. The Morgan fingerprint density at radius 1 is 1.41 bits per heavy atom. The van der Waals surface area contributed by atoms with Crippen LogP contribution < -0.4 is 10.1 Å². The summed E-state index contributed by atoms with van der Waals surface area (Å²) in [5.41, 5.74) is 0.899. The molecule has 0 aliphatic heterocycles. The van der Waals surface area contributed by atoms with Gasteiger partial charge in [0.25, 0.3) is 0 Å². The number of nitrogens with one attached hydrogen (secondary N) is 1. The van der Waals surface area contributed by atoms with Gasteiger partial charge in [0.1, 0.15) is 11.8 Å². The molecule has 6 heteroatoms. The lowest BCUT2D eigenvalue weighted by molar-refractivity contribution is -0.143. The van der Waals surface area contributed by atoms with Crippen LogP contribution >= 0.6 is 11.6 Å². The van der Waals surface area contributed by atoms with Gasteiger partial charge >= 0.3 is 5.97 Å². The van der Waals surface area contributed by atoms with Gasteiger partial charge in [0.15, 0.2) is 0 Å². The molecule has 1 aromatic carbocycles. The second kappa shape index (κ2) is 8.63. The monoisotopic (exact) mass is 327 g/mol. The van der Waals surface area contributed by atoms with E-state index in [1.807, 2.05) is 19.9 Å². The number of halogens is 1. The van der Waals surface area contributed by atoms with Gasteiger partial charge < -0.3 is 15.2 Å². The summed E-state index contributed by atoms with van der Waals surface area (Å²) in [5, 5.41) is 12.2. The predicted molar refractivity (Wildman–Crippen MR) is 85.3 cm³/mol. The van der Waals surface area contributed by atoms with Crippen molar-refractivity contribution in [2.75, 3.05) is 7.11 Å². The van der Waals surface area contributed by atoms with E-state index in [2.05, 4.69) is 5.32 Å². The highest BCUT2D eigenvalue weighted by molar-refractivity contribution is 6.32. The fourth-order valence-corrected chi connectivity index (χ4v) is 2.33. The van der Waals surface area contributed by atoms with Gasteiger partial charge in [-0.15, -0.1) is 0 Å². The zero-order chi connectivity index (χ0) is 16.7. The summed E-state index contributed by atoms with van der Waals surface area (Å²) >= 11 is 6.03. The number of aryl methyl sites for hydroxylation is 1. The number of methoxy groups -OCH3 is 1. The molecule has 0 bridgehead atoms. The van der Waals surface area contributed by atoms with Crippen molar-refractivity contribution < 1.29 is 19.4 Å². The highest BCUT2D eigenvalue weighted by atomic mass is 35.5. The van der Waals surface area contributed by atoms with Crippen LogP contribution in [0.3, 0.4) is 0 Å². The fourth-order valence-electron chi connectivity index (χ4n) is 2.05. The Balaban J connectivity index is 2.58. The summed E-state index contributed by atoms with van der Waals surface area (Å²) in [5.74, 6) is -0.815. The van der Waals surface area contributed by atoms with Gasteiger partial charge in [0, 0.05) is 6.42 Å². The van der Waals surface area contributed by atoms with Crippen LogP contribution in [0.5, 0.6) is 5.75 Å². The zero-order valence-electron chi connectivity index (χ0n) is 13.1. The molecule has 0 aliphatic carbocycles. The molecule has 1 amide bonds. The molecule has 0 aliphatic rings. The number of carbonyl (C=O) groups excluding carboxylic acids is 1. The number of benzene rings is 1. The molecule has 0 saturated heterocycles. The first kappa shape index (κ1) is 18.3. The lowest BCUT2D eigenvalue weighted by atomic mass is 9.99. The normalized spacial score (nSPS) is 13.3. The summed E-state index contributed by atoms with van der Waals surface area (Å²) in [6.45, 7) is 3.70. The van der Waals surface area contributed by atoms with Crippen molar-refractivity contribution in [2.24, 2.45) is 5.92 Å². The summed E-state index contributed by atoms with van der Waals surface area (Å²) < 4.78 is 5.07. The highest BCUT2D eigenvalue weighted by Crippen LogP contribution is 2.25. The Kier molecular flexibility index (Phi) is 7.18. The van der Waals surface area contributed by atoms with Gasteiger partial charge in [-0.3, -0.25) is 4.79 Å². The molecule has 0 unspecified atom stereocenters. The van der Waals surface area contributed by atoms with Gasteiger partial charge in [-0.05, 0) is 30.0 Å². The molecule has 0 aromatic heterocycles. The molecule has 1 aromatic rings. The summed E-state index contributed by atoms with van der Waals surface area (Å²) in [6.07, 6.45) is 1.39. The Morgan fingerprint density at radius 2 is 2.09 bits per heavy atom. The molecule has 22 heavy (non-hydrogen) atoms. The number of hydrogen-bond donors (Lipinski definition) is 2. The maximum atomic E-state index is 11.9.